The van der Waals surface area contributed by atoms with Crippen molar-refractivity contribution in [1.82, 2.24) is 0 Å². The van der Waals surface area contributed by atoms with E-state index in [4.69, 9.17) is 11.5 Å². The molecule has 0 amide bonds. The minimum atomic E-state index is -0.326. The molecule has 0 saturated carbocycles. The van der Waals surface area contributed by atoms with E-state index in [2.05, 4.69) is 20.8 Å². The largest absolute Gasteiger partial charge is 0.392 e. The van der Waals surface area contributed by atoms with E-state index in [0.717, 1.165) is 6.42 Å². The predicted molar refractivity (Wildman–Crippen MR) is 64.5 cm³/mol. The molecule has 4 heteroatoms. The number of aliphatic hydroxyl groups excluding tert-OH is 1. The summed E-state index contributed by atoms with van der Waals surface area (Å²) in [6, 6.07) is 0. The summed E-state index contributed by atoms with van der Waals surface area (Å²) in [6.07, 6.45) is 1.18. The molecule has 1 unspecified atom stereocenters. The predicted octanol–water partition coefficient (Wildman–Crippen LogP) is 0.945. The Morgan fingerprint density at radius 1 is 1.14 bits per heavy atom. The summed E-state index contributed by atoms with van der Waals surface area (Å²) < 4.78 is 0.162. The van der Waals surface area contributed by atoms with E-state index in [0.29, 0.717) is 19.5 Å². The highest BCUT2D eigenvalue weighted by Crippen LogP contribution is 2.32. The highest BCUT2D eigenvalue weighted by Gasteiger charge is 2.24. The van der Waals surface area contributed by atoms with Crippen molar-refractivity contribution in [3.8, 4) is 0 Å². The molecule has 0 aromatic carbocycles. The third kappa shape index (κ3) is 6.65. The van der Waals surface area contributed by atoms with Gasteiger partial charge in [-0.05, 0) is 25.9 Å². The van der Waals surface area contributed by atoms with Crippen LogP contribution in [0.5, 0.6) is 0 Å². The van der Waals surface area contributed by atoms with Crippen LogP contribution in [0.3, 0.4) is 0 Å². The molecular weight excluding hydrogens is 196 g/mol. The zero-order valence-corrected chi connectivity index (χ0v) is 10.3. The summed E-state index contributed by atoms with van der Waals surface area (Å²) in [6.45, 7) is 7.60. The molecule has 86 valence electrons. The Balaban J connectivity index is 4.13. The summed E-state index contributed by atoms with van der Waals surface area (Å²) in [5, 5.41) is 10.1. The van der Waals surface area contributed by atoms with Crippen molar-refractivity contribution in [3.05, 3.63) is 0 Å². The Morgan fingerprint density at radius 3 is 2.00 bits per heavy atom. The van der Waals surface area contributed by atoms with Gasteiger partial charge in [-0.2, -0.15) is 0 Å². The molecule has 0 aromatic rings. The third-order valence-corrected chi connectivity index (χ3v) is 3.41. The summed E-state index contributed by atoms with van der Waals surface area (Å²) in [4.78, 5) is 0. The van der Waals surface area contributed by atoms with Crippen LogP contribution in [0.25, 0.3) is 0 Å². The fourth-order valence-electron chi connectivity index (χ4n) is 1.30. The van der Waals surface area contributed by atoms with Crippen molar-refractivity contribution in [2.24, 2.45) is 11.5 Å². The molecule has 2 atom stereocenters. The zero-order chi connectivity index (χ0) is 11.2. The maximum Gasteiger partial charge on any atom is 0.0671 e. The quantitative estimate of drug-likeness (QED) is 0.623. The lowest BCUT2D eigenvalue weighted by Gasteiger charge is -2.28. The third-order valence-electron chi connectivity index (χ3n) is 1.85. The van der Waals surface area contributed by atoms with Crippen molar-refractivity contribution in [2.75, 3.05) is 13.1 Å². The molecule has 0 bridgehead atoms. The second-order valence-corrected chi connectivity index (χ2v) is 6.56. The fraction of sp³-hybridized carbons (Fsp3) is 1.00. The number of hydrogen-bond donors (Lipinski definition) is 3. The lowest BCUT2D eigenvalue weighted by molar-refractivity contribution is 0.161. The first-order valence-corrected chi connectivity index (χ1v) is 6.04. The minimum Gasteiger partial charge on any atom is -0.392 e. The molecule has 0 aromatic heterocycles. The van der Waals surface area contributed by atoms with Crippen LogP contribution in [0.15, 0.2) is 0 Å². The first-order valence-electron chi connectivity index (χ1n) is 5.16. The van der Waals surface area contributed by atoms with Gasteiger partial charge in [-0.3, -0.25) is 0 Å². The van der Waals surface area contributed by atoms with E-state index in [-0.39, 0.29) is 16.1 Å². The SMILES string of the molecule is CC(C)(C)S[C@H](CCN)C(O)CCN. The van der Waals surface area contributed by atoms with Crippen molar-refractivity contribution >= 4 is 11.8 Å². The van der Waals surface area contributed by atoms with Crippen LogP contribution in [0.1, 0.15) is 33.6 Å². The van der Waals surface area contributed by atoms with Crippen LogP contribution in [-0.2, 0) is 0 Å². The monoisotopic (exact) mass is 220 g/mol. The fourth-order valence-corrected chi connectivity index (χ4v) is 2.76. The molecule has 0 heterocycles. The van der Waals surface area contributed by atoms with Crippen LogP contribution < -0.4 is 11.5 Å². The van der Waals surface area contributed by atoms with Crippen molar-refractivity contribution in [3.63, 3.8) is 0 Å². The Hall–Kier alpha value is 0.230. The first-order chi connectivity index (χ1) is 6.40. The highest BCUT2D eigenvalue weighted by molar-refractivity contribution is 8.01. The average Bonchev–Trinajstić information content (AvgIpc) is 2.01. The molecule has 0 rings (SSSR count). The van der Waals surface area contributed by atoms with Gasteiger partial charge in [-0.1, -0.05) is 20.8 Å². The molecule has 0 aliphatic rings. The summed E-state index contributed by atoms with van der Waals surface area (Å²) in [7, 11) is 0. The van der Waals surface area contributed by atoms with Gasteiger partial charge in [0.1, 0.15) is 0 Å². The van der Waals surface area contributed by atoms with Crippen molar-refractivity contribution in [1.29, 1.82) is 0 Å². The number of nitrogens with two attached hydrogens (primary N) is 2. The van der Waals surface area contributed by atoms with Crippen LogP contribution in [0.4, 0.5) is 0 Å². The topological polar surface area (TPSA) is 72.3 Å². The van der Waals surface area contributed by atoms with Crippen LogP contribution >= 0.6 is 11.8 Å². The molecule has 3 nitrogen and oxygen atoms in total. The van der Waals surface area contributed by atoms with Gasteiger partial charge in [-0.15, -0.1) is 11.8 Å². The average molecular weight is 220 g/mol. The Kier molecular flexibility index (Phi) is 6.78. The minimum absolute atomic E-state index is 0.162. The lowest BCUT2D eigenvalue weighted by atomic mass is 10.1. The van der Waals surface area contributed by atoms with Gasteiger partial charge >= 0.3 is 0 Å². The molecule has 5 N–H and O–H groups in total. The molecule has 0 radical (unpaired) electrons. The highest BCUT2D eigenvalue weighted by atomic mass is 32.2. The summed E-state index contributed by atoms with van der Waals surface area (Å²) in [5.41, 5.74) is 11.0. The van der Waals surface area contributed by atoms with Crippen LogP contribution in [0.2, 0.25) is 0 Å². The molecule has 14 heavy (non-hydrogen) atoms. The lowest BCUT2D eigenvalue weighted by Crippen LogP contribution is -2.31. The normalized spacial score (nSPS) is 16.7. The Bertz CT molecular complexity index is 148. The smallest absolute Gasteiger partial charge is 0.0671 e. The van der Waals surface area contributed by atoms with E-state index >= 15 is 0 Å². The van der Waals surface area contributed by atoms with E-state index in [9.17, 15) is 5.11 Å². The molecule has 0 aliphatic heterocycles. The molecule has 0 aliphatic carbocycles. The van der Waals surface area contributed by atoms with E-state index in [1.165, 1.54) is 0 Å². The Morgan fingerprint density at radius 2 is 1.64 bits per heavy atom. The maximum atomic E-state index is 9.85. The van der Waals surface area contributed by atoms with E-state index in [1.54, 1.807) is 11.8 Å². The van der Waals surface area contributed by atoms with Crippen LogP contribution in [-0.4, -0.2) is 34.3 Å². The molecule has 0 fully saturated rings. The second-order valence-electron chi connectivity index (χ2n) is 4.49. The number of hydrogen-bond acceptors (Lipinski definition) is 4. The van der Waals surface area contributed by atoms with Gasteiger partial charge in [-0.25, -0.2) is 0 Å². The van der Waals surface area contributed by atoms with Gasteiger partial charge in [0.15, 0.2) is 0 Å². The number of aliphatic hydroxyl groups is 1. The molecular formula is C10H24N2OS. The second kappa shape index (κ2) is 6.67. The van der Waals surface area contributed by atoms with Gasteiger partial charge in [0.2, 0.25) is 0 Å². The van der Waals surface area contributed by atoms with Gasteiger partial charge in [0.05, 0.1) is 6.10 Å². The van der Waals surface area contributed by atoms with Gasteiger partial charge in [0.25, 0.3) is 0 Å². The van der Waals surface area contributed by atoms with Crippen LogP contribution in [0, 0.1) is 0 Å². The van der Waals surface area contributed by atoms with E-state index < -0.39 is 0 Å². The summed E-state index contributed by atoms with van der Waals surface area (Å²) in [5.74, 6) is 0. The standard InChI is InChI=1S/C10H24N2OS/c1-10(2,3)14-9(5-7-12)8(13)4-6-11/h8-9,13H,4-7,11-12H2,1-3H3/t8?,9-/m1/s1. The Labute approximate surface area is 91.6 Å². The zero-order valence-electron chi connectivity index (χ0n) is 9.49. The van der Waals surface area contributed by atoms with Crippen molar-refractivity contribution < 1.29 is 5.11 Å². The summed E-state index contributed by atoms with van der Waals surface area (Å²) >= 11 is 1.79. The van der Waals surface area contributed by atoms with Gasteiger partial charge in [0, 0.05) is 10.00 Å². The molecule has 0 saturated heterocycles. The molecule has 0 spiro atoms. The number of thioether (sulfide) groups is 1. The van der Waals surface area contributed by atoms with Gasteiger partial charge < -0.3 is 16.6 Å². The van der Waals surface area contributed by atoms with E-state index in [1.807, 2.05) is 0 Å². The van der Waals surface area contributed by atoms with Crippen molar-refractivity contribution in [2.45, 2.75) is 49.7 Å². The first kappa shape index (κ1) is 14.2. The maximum absolute atomic E-state index is 9.85. The number of rotatable bonds is 6.